The minimum absolute atomic E-state index is 0.00849. The highest BCUT2D eigenvalue weighted by Gasteiger charge is 2.45. The van der Waals surface area contributed by atoms with Crippen LogP contribution in [0.3, 0.4) is 0 Å². The van der Waals surface area contributed by atoms with Crippen molar-refractivity contribution in [2.45, 2.75) is 38.6 Å². The summed E-state index contributed by atoms with van der Waals surface area (Å²) in [7, 11) is 3.82. The van der Waals surface area contributed by atoms with Crippen LogP contribution in [0.25, 0.3) is 0 Å². The summed E-state index contributed by atoms with van der Waals surface area (Å²) in [6, 6.07) is 10.3. The summed E-state index contributed by atoms with van der Waals surface area (Å²) in [5, 5.41) is 24.3. The second kappa shape index (κ2) is 12.0. The van der Waals surface area contributed by atoms with E-state index in [-0.39, 0.29) is 29.7 Å². The van der Waals surface area contributed by atoms with Crippen molar-refractivity contribution in [1.82, 2.24) is 14.7 Å². The number of carboxylic acid groups (broad SMARTS) is 1. The van der Waals surface area contributed by atoms with Crippen LogP contribution in [0.15, 0.2) is 41.5 Å². The Bertz CT molecular complexity index is 1280. The molecule has 208 valence electrons. The Labute approximate surface area is 228 Å². The molecule has 2 saturated heterocycles. The Morgan fingerprint density at radius 2 is 1.82 bits per heavy atom. The number of aryl methyl sites for hydroxylation is 2. The van der Waals surface area contributed by atoms with Crippen LogP contribution < -0.4 is 5.43 Å². The number of carbonyl (C=O) groups is 3. The molecular weight excluding hydrogens is 498 g/mol. The average Bonchev–Trinajstić information content (AvgIpc) is 3.12. The van der Waals surface area contributed by atoms with Crippen molar-refractivity contribution < 1.29 is 24.6 Å². The number of para-hydroxylation sites is 1. The lowest BCUT2D eigenvalue weighted by Gasteiger charge is -2.31. The lowest BCUT2D eigenvalue weighted by molar-refractivity contribution is -0.138. The van der Waals surface area contributed by atoms with Gasteiger partial charge in [0.15, 0.2) is 5.71 Å². The number of piperidine rings is 1. The molecule has 10 heteroatoms. The fraction of sp³-hybridized carbons (Fsp3) is 0.448. The summed E-state index contributed by atoms with van der Waals surface area (Å²) in [6.45, 7) is 6.21. The number of likely N-dealkylation sites (tertiary alicyclic amines) is 2. The molecule has 2 aromatic rings. The van der Waals surface area contributed by atoms with E-state index >= 15 is 0 Å². The second-order valence-corrected chi connectivity index (χ2v) is 10.7. The third-order valence-electron chi connectivity index (χ3n) is 7.63. The largest absolute Gasteiger partial charge is 0.505 e. The Hall–Kier alpha value is -3.76. The standard InChI is InChI=1S/C29H37N5O5/c1-18-8-9-21(16-19(18)2)26-28(38)25(29(39)34(26)15-14-32(3)4)31-30-23-7-5-6-22(27(23)37)20-10-12-33(13-11-20)17-24(35)36/h5-9,16,20,26,30,37H,10-15,17H2,1-4H3,(H,35,36). The van der Waals surface area contributed by atoms with Crippen LogP contribution in [0.1, 0.15) is 47.1 Å². The van der Waals surface area contributed by atoms with Crippen molar-refractivity contribution in [2.24, 2.45) is 5.10 Å². The van der Waals surface area contributed by atoms with Gasteiger partial charge in [-0.25, -0.2) is 0 Å². The van der Waals surface area contributed by atoms with Gasteiger partial charge in [-0.2, -0.15) is 5.10 Å². The van der Waals surface area contributed by atoms with Gasteiger partial charge < -0.3 is 20.0 Å². The molecule has 1 amide bonds. The van der Waals surface area contributed by atoms with E-state index in [1.54, 1.807) is 17.0 Å². The van der Waals surface area contributed by atoms with Gasteiger partial charge in [0.1, 0.15) is 11.8 Å². The molecule has 4 rings (SSSR count). The number of phenolic OH excluding ortho intramolecular Hbond substituents is 1. The van der Waals surface area contributed by atoms with Crippen LogP contribution in [-0.4, -0.2) is 95.1 Å². The van der Waals surface area contributed by atoms with Crippen molar-refractivity contribution in [3.8, 4) is 5.75 Å². The highest BCUT2D eigenvalue weighted by molar-refractivity contribution is 6.69. The van der Waals surface area contributed by atoms with E-state index in [1.165, 1.54) is 0 Å². The maximum absolute atomic E-state index is 13.5. The number of aliphatic carboxylic acids is 1. The lowest BCUT2D eigenvalue weighted by Crippen LogP contribution is -2.36. The van der Waals surface area contributed by atoms with E-state index in [0.717, 1.165) is 22.3 Å². The number of hydrogen-bond acceptors (Lipinski definition) is 8. The van der Waals surface area contributed by atoms with Gasteiger partial charge in [0, 0.05) is 13.1 Å². The van der Waals surface area contributed by atoms with Crippen molar-refractivity contribution in [1.29, 1.82) is 0 Å². The van der Waals surface area contributed by atoms with E-state index in [2.05, 4.69) is 10.5 Å². The Kier molecular flexibility index (Phi) is 8.66. The van der Waals surface area contributed by atoms with Crippen LogP contribution in [0.2, 0.25) is 0 Å². The fourth-order valence-corrected chi connectivity index (χ4v) is 5.23. The number of hydrazone groups is 1. The van der Waals surface area contributed by atoms with E-state index in [0.29, 0.717) is 44.7 Å². The molecule has 10 nitrogen and oxygen atoms in total. The third-order valence-corrected chi connectivity index (χ3v) is 7.63. The molecule has 2 aliphatic rings. The Morgan fingerprint density at radius 3 is 2.46 bits per heavy atom. The molecule has 1 unspecified atom stereocenters. The monoisotopic (exact) mass is 535 g/mol. The average molecular weight is 536 g/mol. The first-order chi connectivity index (χ1) is 18.6. The number of likely N-dealkylation sites (N-methyl/N-ethyl adjacent to an activating group) is 1. The van der Waals surface area contributed by atoms with Gasteiger partial charge in [0.05, 0.1) is 12.2 Å². The molecule has 0 radical (unpaired) electrons. The van der Waals surface area contributed by atoms with Crippen molar-refractivity contribution in [2.75, 3.05) is 52.2 Å². The first-order valence-corrected chi connectivity index (χ1v) is 13.2. The number of nitrogens with zero attached hydrogens (tertiary/aromatic N) is 4. The van der Waals surface area contributed by atoms with Crippen LogP contribution in [-0.2, 0) is 14.4 Å². The van der Waals surface area contributed by atoms with Gasteiger partial charge >= 0.3 is 5.97 Å². The number of carbonyl (C=O) groups excluding carboxylic acids is 2. The molecule has 2 aromatic carbocycles. The summed E-state index contributed by atoms with van der Waals surface area (Å²) >= 11 is 0. The number of ketones is 1. The summed E-state index contributed by atoms with van der Waals surface area (Å²) in [6.07, 6.45) is 1.43. The number of aromatic hydroxyl groups is 1. The molecule has 39 heavy (non-hydrogen) atoms. The van der Waals surface area contributed by atoms with E-state index in [4.69, 9.17) is 5.11 Å². The molecule has 0 bridgehead atoms. The van der Waals surface area contributed by atoms with Crippen LogP contribution >= 0.6 is 0 Å². The number of benzene rings is 2. The van der Waals surface area contributed by atoms with Crippen LogP contribution in [0.5, 0.6) is 5.75 Å². The second-order valence-electron chi connectivity index (χ2n) is 10.7. The number of phenols is 1. The normalized spacial score (nSPS) is 19.9. The van der Waals surface area contributed by atoms with Gasteiger partial charge in [0.2, 0.25) is 5.78 Å². The maximum atomic E-state index is 13.5. The summed E-state index contributed by atoms with van der Waals surface area (Å²) in [4.78, 5) is 43.3. The number of nitrogens with one attached hydrogen (secondary N) is 1. The number of hydrogen-bond donors (Lipinski definition) is 3. The minimum Gasteiger partial charge on any atom is -0.505 e. The van der Waals surface area contributed by atoms with Gasteiger partial charge in [-0.15, -0.1) is 0 Å². The van der Waals surface area contributed by atoms with Crippen LogP contribution in [0.4, 0.5) is 5.69 Å². The predicted octanol–water partition coefficient (Wildman–Crippen LogP) is 2.76. The molecule has 2 aliphatic heterocycles. The predicted molar refractivity (Wildman–Crippen MR) is 149 cm³/mol. The molecule has 0 aromatic heterocycles. The highest BCUT2D eigenvalue weighted by atomic mass is 16.4. The minimum atomic E-state index is -0.849. The molecule has 3 N–H and O–H groups in total. The third kappa shape index (κ3) is 6.29. The van der Waals surface area contributed by atoms with Crippen molar-refractivity contribution >= 4 is 29.1 Å². The first kappa shape index (κ1) is 28.3. The van der Waals surface area contributed by atoms with Gasteiger partial charge in [-0.05, 0) is 88.1 Å². The summed E-state index contributed by atoms with van der Waals surface area (Å²) < 4.78 is 0. The fourth-order valence-electron chi connectivity index (χ4n) is 5.23. The molecule has 0 spiro atoms. The Morgan fingerprint density at radius 1 is 1.10 bits per heavy atom. The Balaban J connectivity index is 1.56. The maximum Gasteiger partial charge on any atom is 0.317 e. The van der Waals surface area contributed by atoms with Gasteiger partial charge in [-0.1, -0.05) is 30.3 Å². The quantitative estimate of drug-likeness (QED) is 0.331. The zero-order valence-electron chi connectivity index (χ0n) is 23.0. The molecule has 1 atom stereocenters. The number of rotatable bonds is 9. The van der Waals surface area contributed by atoms with Gasteiger partial charge in [-0.3, -0.25) is 24.7 Å². The van der Waals surface area contributed by atoms with E-state index in [9.17, 15) is 19.5 Å². The molecule has 2 fully saturated rings. The first-order valence-electron chi connectivity index (χ1n) is 13.2. The van der Waals surface area contributed by atoms with Gasteiger partial charge in [0.25, 0.3) is 5.91 Å². The lowest BCUT2D eigenvalue weighted by atomic mass is 9.88. The number of carboxylic acids is 1. The molecule has 2 heterocycles. The topological polar surface area (TPSA) is 126 Å². The van der Waals surface area contributed by atoms with Crippen LogP contribution in [0, 0.1) is 13.8 Å². The van der Waals surface area contributed by atoms with Crippen molar-refractivity contribution in [3.05, 3.63) is 58.7 Å². The molecular formula is C29H37N5O5. The van der Waals surface area contributed by atoms with Crippen molar-refractivity contribution in [3.63, 3.8) is 0 Å². The highest BCUT2D eigenvalue weighted by Crippen LogP contribution is 2.38. The number of Topliss-reactive ketones (excluding diaryl/α,β-unsaturated/α-hetero) is 1. The summed E-state index contributed by atoms with van der Waals surface area (Å²) in [5.74, 6) is -1.59. The zero-order chi connectivity index (χ0) is 28.3. The summed E-state index contributed by atoms with van der Waals surface area (Å²) in [5.41, 5.74) is 6.53. The molecule has 0 aliphatic carbocycles. The smallest absolute Gasteiger partial charge is 0.317 e. The number of amides is 1. The van der Waals surface area contributed by atoms with E-state index < -0.39 is 17.9 Å². The zero-order valence-corrected chi connectivity index (χ0v) is 23.0. The number of anilines is 1. The SMILES string of the molecule is Cc1ccc(C2C(=O)C(=NNc3cccc(C4CCN(CC(=O)O)CC4)c3O)C(=O)N2CCN(C)C)cc1C. The van der Waals surface area contributed by atoms with E-state index in [1.807, 2.05) is 62.0 Å². The molecule has 0 saturated carbocycles.